The SMILES string of the molecule is CCN(CC(=O)O)C1CC(NC(=O)c2ccc(C(C)(C)C)cn2)C1. The molecule has 1 saturated carbocycles. The highest BCUT2D eigenvalue weighted by Crippen LogP contribution is 2.26. The number of pyridine rings is 1. The van der Waals surface area contributed by atoms with Crippen LogP contribution in [0.15, 0.2) is 18.3 Å². The van der Waals surface area contributed by atoms with Crippen LogP contribution in [0.4, 0.5) is 0 Å². The number of aromatic nitrogens is 1. The maximum atomic E-state index is 12.3. The van der Waals surface area contributed by atoms with E-state index < -0.39 is 5.97 Å². The third-order valence-corrected chi connectivity index (χ3v) is 4.57. The molecule has 1 amide bonds. The summed E-state index contributed by atoms with van der Waals surface area (Å²) < 4.78 is 0. The summed E-state index contributed by atoms with van der Waals surface area (Å²) >= 11 is 0. The third-order valence-electron chi connectivity index (χ3n) is 4.57. The highest BCUT2D eigenvalue weighted by Gasteiger charge is 2.34. The molecule has 0 saturated heterocycles. The maximum Gasteiger partial charge on any atom is 0.317 e. The quantitative estimate of drug-likeness (QED) is 0.832. The van der Waals surface area contributed by atoms with Crippen molar-refractivity contribution in [2.45, 2.75) is 58.0 Å². The predicted octanol–water partition coefficient (Wildman–Crippen LogP) is 2.05. The van der Waals surface area contributed by atoms with E-state index in [1.54, 1.807) is 12.3 Å². The molecule has 0 aromatic carbocycles. The van der Waals surface area contributed by atoms with Crippen LogP contribution < -0.4 is 5.32 Å². The fourth-order valence-electron chi connectivity index (χ4n) is 2.91. The first-order valence-electron chi connectivity index (χ1n) is 8.44. The molecule has 0 spiro atoms. The highest BCUT2D eigenvalue weighted by molar-refractivity contribution is 5.92. The van der Waals surface area contributed by atoms with E-state index in [1.165, 1.54) is 0 Å². The summed E-state index contributed by atoms with van der Waals surface area (Å²) in [6.45, 7) is 9.03. The molecule has 0 atom stereocenters. The Hall–Kier alpha value is -1.95. The van der Waals surface area contributed by atoms with E-state index in [0.717, 1.165) is 18.4 Å². The van der Waals surface area contributed by atoms with E-state index in [0.29, 0.717) is 12.2 Å². The Balaban J connectivity index is 1.85. The second kappa shape index (κ2) is 7.30. The second-order valence-corrected chi connectivity index (χ2v) is 7.43. The van der Waals surface area contributed by atoms with E-state index in [-0.39, 0.29) is 30.0 Å². The number of rotatable bonds is 6. The van der Waals surface area contributed by atoms with Crippen LogP contribution in [0.3, 0.4) is 0 Å². The molecule has 1 aliphatic carbocycles. The number of aliphatic carboxylic acids is 1. The largest absolute Gasteiger partial charge is 0.480 e. The van der Waals surface area contributed by atoms with Crippen LogP contribution in [0.25, 0.3) is 0 Å². The molecular formula is C18H27N3O3. The molecule has 1 aliphatic rings. The Morgan fingerprint density at radius 2 is 2.00 bits per heavy atom. The van der Waals surface area contributed by atoms with Crippen molar-refractivity contribution < 1.29 is 14.7 Å². The van der Waals surface area contributed by atoms with Crippen LogP contribution >= 0.6 is 0 Å². The number of carboxylic acids is 1. The minimum atomic E-state index is -0.813. The van der Waals surface area contributed by atoms with Crippen LogP contribution in [0.1, 0.15) is 56.6 Å². The maximum absolute atomic E-state index is 12.3. The van der Waals surface area contributed by atoms with E-state index >= 15 is 0 Å². The van der Waals surface area contributed by atoms with Gasteiger partial charge in [0, 0.05) is 18.3 Å². The molecule has 2 N–H and O–H groups in total. The molecule has 2 rings (SSSR count). The highest BCUT2D eigenvalue weighted by atomic mass is 16.4. The Morgan fingerprint density at radius 3 is 2.46 bits per heavy atom. The van der Waals surface area contributed by atoms with Gasteiger partial charge in [-0.1, -0.05) is 33.8 Å². The average Bonchev–Trinajstić information content (AvgIpc) is 2.47. The summed E-state index contributed by atoms with van der Waals surface area (Å²) in [7, 11) is 0. The van der Waals surface area contributed by atoms with Gasteiger partial charge in [0.1, 0.15) is 5.69 Å². The van der Waals surface area contributed by atoms with Crippen LogP contribution in [0, 0.1) is 0 Å². The van der Waals surface area contributed by atoms with E-state index in [4.69, 9.17) is 5.11 Å². The van der Waals surface area contributed by atoms with Crippen molar-refractivity contribution in [1.29, 1.82) is 0 Å². The van der Waals surface area contributed by atoms with Crippen LogP contribution in [-0.2, 0) is 10.2 Å². The Bertz CT molecular complexity index is 587. The molecule has 0 unspecified atom stereocenters. The Morgan fingerprint density at radius 1 is 1.33 bits per heavy atom. The standard InChI is InChI=1S/C18H27N3O3/c1-5-21(11-16(22)23)14-8-13(9-14)20-17(24)15-7-6-12(10-19-15)18(2,3)4/h6-7,10,13-14H,5,8-9,11H2,1-4H3,(H,20,24)(H,22,23). The molecule has 6 nitrogen and oxygen atoms in total. The number of likely N-dealkylation sites (N-methyl/N-ethyl adjacent to an activating group) is 1. The number of hydrogen-bond donors (Lipinski definition) is 2. The summed E-state index contributed by atoms with van der Waals surface area (Å²) in [4.78, 5) is 29.3. The molecule has 132 valence electrons. The van der Waals surface area contributed by atoms with E-state index in [2.05, 4.69) is 31.1 Å². The molecule has 1 fully saturated rings. The van der Waals surface area contributed by atoms with Gasteiger partial charge >= 0.3 is 5.97 Å². The summed E-state index contributed by atoms with van der Waals surface area (Å²) in [6.07, 6.45) is 3.32. The van der Waals surface area contributed by atoms with Crippen molar-refractivity contribution in [3.05, 3.63) is 29.6 Å². The van der Waals surface area contributed by atoms with Gasteiger partial charge in [0.05, 0.1) is 6.54 Å². The fraction of sp³-hybridized carbons (Fsp3) is 0.611. The zero-order valence-electron chi connectivity index (χ0n) is 14.9. The summed E-state index contributed by atoms with van der Waals surface area (Å²) in [5, 5.41) is 11.9. The number of hydrogen-bond acceptors (Lipinski definition) is 4. The molecule has 1 aromatic rings. The van der Waals surface area contributed by atoms with Crippen molar-refractivity contribution in [2.24, 2.45) is 0 Å². The van der Waals surface area contributed by atoms with Crippen LogP contribution in [-0.4, -0.2) is 52.0 Å². The smallest absolute Gasteiger partial charge is 0.317 e. The lowest BCUT2D eigenvalue weighted by molar-refractivity contribution is -0.139. The van der Waals surface area contributed by atoms with Crippen LogP contribution in [0.2, 0.25) is 0 Å². The molecule has 0 radical (unpaired) electrons. The third kappa shape index (κ3) is 4.54. The van der Waals surface area contributed by atoms with Gasteiger partial charge in [0.15, 0.2) is 0 Å². The van der Waals surface area contributed by atoms with E-state index in [9.17, 15) is 9.59 Å². The number of nitrogens with one attached hydrogen (secondary N) is 1. The minimum Gasteiger partial charge on any atom is -0.480 e. The number of carboxylic acid groups (broad SMARTS) is 1. The van der Waals surface area contributed by atoms with Crippen molar-refractivity contribution in [2.75, 3.05) is 13.1 Å². The molecule has 24 heavy (non-hydrogen) atoms. The molecule has 1 aromatic heterocycles. The van der Waals surface area contributed by atoms with Gasteiger partial charge in [-0.05, 0) is 36.4 Å². The topological polar surface area (TPSA) is 82.5 Å². The first-order valence-corrected chi connectivity index (χ1v) is 8.44. The zero-order chi connectivity index (χ0) is 17.9. The van der Waals surface area contributed by atoms with Gasteiger partial charge < -0.3 is 10.4 Å². The Labute approximate surface area is 143 Å². The van der Waals surface area contributed by atoms with Gasteiger partial charge in [0.25, 0.3) is 5.91 Å². The van der Waals surface area contributed by atoms with Crippen molar-refractivity contribution in [3.8, 4) is 0 Å². The average molecular weight is 333 g/mol. The minimum absolute atomic E-state index is 0.0109. The first kappa shape index (κ1) is 18.4. The van der Waals surface area contributed by atoms with Crippen molar-refractivity contribution in [1.82, 2.24) is 15.2 Å². The van der Waals surface area contributed by atoms with Gasteiger partial charge in [-0.15, -0.1) is 0 Å². The molecule has 1 heterocycles. The predicted molar refractivity (Wildman–Crippen MR) is 92.1 cm³/mol. The molecular weight excluding hydrogens is 306 g/mol. The molecule has 0 aliphatic heterocycles. The van der Waals surface area contributed by atoms with Crippen molar-refractivity contribution in [3.63, 3.8) is 0 Å². The summed E-state index contributed by atoms with van der Waals surface area (Å²) in [5.74, 6) is -0.979. The number of carbonyl (C=O) groups excluding carboxylic acids is 1. The zero-order valence-corrected chi connectivity index (χ0v) is 14.9. The van der Waals surface area contributed by atoms with E-state index in [1.807, 2.05) is 17.9 Å². The normalized spacial score (nSPS) is 20.5. The van der Waals surface area contributed by atoms with Gasteiger partial charge in [-0.3, -0.25) is 19.5 Å². The lowest BCUT2D eigenvalue weighted by Gasteiger charge is -2.42. The lowest BCUT2D eigenvalue weighted by Crippen LogP contribution is -2.54. The van der Waals surface area contributed by atoms with Gasteiger partial charge in [-0.2, -0.15) is 0 Å². The molecule has 0 bridgehead atoms. The van der Waals surface area contributed by atoms with Crippen LogP contribution in [0.5, 0.6) is 0 Å². The molecule has 6 heteroatoms. The number of carbonyl (C=O) groups is 2. The van der Waals surface area contributed by atoms with Gasteiger partial charge in [-0.25, -0.2) is 0 Å². The van der Waals surface area contributed by atoms with Gasteiger partial charge in [0.2, 0.25) is 0 Å². The first-order chi connectivity index (χ1) is 11.2. The second-order valence-electron chi connectivity index (χ2n) is 7.43. The number of amides is 1. The fourth-order valence-corrected chi connectivity index (χ4v) is 2.91. The Kier molecular flexibility index (Phi) is 5.59. The lowest BCUT2D eigenvalue weighted by atomic mass is 9.85. The monoisotopic (exact) mass is 333 g/mol. The number of nitrogens with zero attached hydrogens (tertiary/aromatic N) is 2. The van der Waals surface area contributed by atoms with Crippen molar-refractivity contribution >= 4 is 11.9 Å². The summed E-state index contributed by atoms with van der Waals surface area (Å²) in [6, 6.07) is 4.02. The summed E-state index contributed by atoms with van der Waals surface area (Å²) in [5.41, 5.74) is 1.52.